The minimum Gasteiger partial charge on any atom is -0.387 e. The van der Waals surface area contributed by atoms with Crippen LogP contribution in [-0.2, 0) is 4.74 Å². The summed E-state index contributed by atoms with van der Waals surface area (Å²) in [6, 6.07) is 6.21. The van der Waals surface area contributed by atoms with Crippen molar-refractivity contribution in [3.63, 3.8) is 0 Å². The van der Waals surface area contributed by atoms with Crippen LogP contribution in [0.4, 0.5) is 0 Å². The Kier molecular flexibility index (Phi) is 6.33. The van der Waals surface area contributed by atoms with E-state index < -0.39 is 6.10 Å². The smallest absolute Gasteiger partial charge is 0.0942 e. The van der Waals surface area contributed by atoms with Gasteiger partial charge in [-0.15, -0.1) is 0 Å². The lowest BCUT2D eigenvalue weighted by molar-refractivity contribution is 0.117. The second kappa shape index (κ2) is 7.52. The van der Waals surface area contributed by atoms with Gasteiger partial charge in [0.2, 0.25) is 0 Å². The molecule has 0 radical (unpaired) electrons. The average Bonchev–Trinajstić information content (AvgIpc) is 2.37. The highest BCUT2D eigenvalue weighted by Gasteiger charge is 2.18. The van der Waals surface area contributed by atoms with Crippen LogP contribution < -0.4 is 5.32 Å². The zero-order valence-corrected chi connectivity index (χ0v) is 11.9. The van der Waals surface area contributed by atoms with Gasteiger partial charge in [-0.25, -0.2) is 0 Å². The molecule has 2 unspecified atom stereocenters. The van der Waals surface area contributed by atoms with Gasteiger partial charge >= 0.3 is 0 Å². The molecule has 1 rings (SSSR count). The molecule has 0 aliphatic heterocycles. The Morgan fingerprint density at radius 2 is 2.00 bits per heavy atom. The lowest BCUT2D eigenvalue weighted by atomic mass is 9.97. The van der Waals surface area contributed by atoms with Crippen molar-refractivity contribution in [3.05, 3.63) is 34.9 Å². The third-order valence-electron chi connectivity index (χ3n) is 3.41. The Balaban J connectivity index is 2.69. The van der Waals surface area contributed by atoms with Crippen LogP contribution in [0.5, 0.6) is 0 Å². The highest BCUT2D eigenvalue weighted by atomic mass is 16.5. The van der Waals surface area contributed by atoms with Crippen LogP contribution in [-0.4, -0.2) is 31.4 Å². The van der Waals surface area contributed by atoms with E-state index >= 15 is 0 Å². The van der Waals surface area contributed by atoms with Crippen molar-refractivity contribution < 1.29 is 9.84 Å². The van der Waals surface area contributed by atoms with Gasteiger partial charge in [0.1, 0.15) is 0 Å². The summed E-state index contributed by atoms with van der Waals surface area (Å²) in [4.78, 5) is 0. The van der Waals surface area contributed by atoms with Crippen molar-refractivity contribution in [1.82, 2.24) is 5.32 Å². The fourth-order valence-electron chi connectivity index (χ4n) is 2.01. The number of hydrogen-bond acceptors (Lipinski definition) is 3. The molecule has 0 amide bonds. The van der Waals surface area contributed by atoms with Crippen LogP contribution in [0.1, 0.15) is 36.1 Å². The minimum atomic E-state index is -0.467. The molecule has 3 nitrogen and oxygen atoms in total. The van der Waals surface area contributed by atoms with Crippen molar-refractivity contribution in [2.75, 3.05) is 20.3 Å². The number of methoxy groups -OCH3 is 1. The van der Waals surface area contributed by atoms with E-state index in [2.05, 4.69) is 38.2 Å². The van der Waals surface area contributed by atoms with Crippen LogP contribution in [0.3, 0.4) is 0 Å². The second-order valence-corrected chi connectivity index (χ2v) is 4.75. The van der Waals surface area contributed by atoms with Gasteiger partial charge in [-0.05, 0) is 37.0 Å². The molecule has 0 saturated carbocycles. The van der Waals surface area contributed by atoms with E-state index in [1.54, 1.807) is 7.11 Å². The molecule has 0 fully saturated rings. The number of aliphatic hydroxyl groups is 1. The summed E-state index contributed by atoms with van der Waals surface area (Å²) in [5.74, 6) is 0. The molecule has 1 aromatic carbocycles. The highest BCUT2D eigenvalue weighted by molar-refractivity contribution is 5.31. The molecule has 0 aliphatic rings. The first-order valence-corrected chi connectivity index (χ1v) is 6.57. The zero-order chi connectivity index (χ0) is 13.5. The quantitative estimate of drug-likeness (QED) is 0.731. The van der Waals surface area contributed by atoms with E-state index in [4.69, 9.17) is 4.74 Å². The fraction of sp³-hybridized carbons (Fsp3) is 0.600. The van der Waals surface area contributed by atoms with E-state index in [9.17, 15) is 5.11 Å². The number of aryl methyl sites for hydroxylation is 2. The van der Waals surface area contributed by atoms with Crippen LogP contribution in [0.25, 0.3) is 0 Å². The summed E-state index contributed by atoms with van der Waals surface area (Å²) in [6.07, 6.45) is 0.420. The molecular weight excluding hydrogens is 226 g/mol. The van der Waals surface area contributed by atoms with Gasteiger partial charge in [0, 0.05) is 19.7 Å². The largest absolute Gasteiger partial charge is 0.387 e. The predicted molar refractivity (Wildman–Crippen MR) is 74.8 cm³/mol. The lowest BCUT2D eigenvalue weighted by Gasteiger charge is -2.23. The molecule has 0 bridgehead atoms. The van der Waals surface area contributed by atoms with E-state index in [0.717, 1.165) is 18.5 Å². The molecule has 0 aliphatic carbocycles. The summed E-state index contributed by atoms with van der Waals surface area (Å²) in [5, 5.41) is 13.7. The first-order chi connectivity index (χ1) is 8.60. The maximum absolute atomic E-state index is 10.4. The summed E-state index contributed by atoms with van der Waals surface area (Å²) in [5.41, 5.74) is 3.46. The van der Waals surface area contributed by atoms with Gasteiger partial charge in [-0.1, -0.05) is 25.1 Å². The second-order valence-electron chi connectivity index (χ2n) is 4.75. The van der Waals surface area contributed by atoms with Crippen LogP contribution in [0.2, 0.25) is 0 Å². The Morgan fingerprint density at radius 3 is 2.56 bits per heavy atom. The Morgan fingerprint density at radius 1 is 1.28 bits per heavy atom. The molecule has 0 saturated heterocycles. The highest BCUT2D eigenvalue weighted by Crippen LogP contribution is 2.21. The van der Waals surface area contributed by atoms with Gasteiger partial charge in [0.15, 0.2) is 0 Å². The summed E-state index contributed by atoms with van der Waals surface area (Å²) >= 11 is 0. The average molecular weight is 251 g/mol. The minimum absolute atomic E-state index is 0.0715. The van der Waals surface area contributed by atoms with Crippen LogP contribution in [0.15, 0.2) is 18.2 Å². The van der Waals surface area contributed by atoms with Gasteiger partial charge in [-0.2, -0.15) is 0 Å². The number of hydrogen-bond donors (Lipinski definition) is 2. The van der Waals surface area contributed by atoms with Gasteiger partial charge in [0.05, 0.1) is 12.7 Å². The molecule has 0 aromatic heterocycles. The van der Waals surface area contributed by atoms with E-state index in [1.807, 2.05) is 6.07 Å². The monoisotopic (exact) mass is 251 g/mol. The standard InChI is InChI=1S/C15H25NO2/c1-5-14(16-8-9-18-4)15(17)13-7-6-11(2)12(3)10-13/h6-7,10,14-17H,5,8-9H2,1-4H3. The molecule has 1 aromatic rings. The molecule has 0 spiro atoms. The third-order valence-corrected chi connectivity index (χ3v) is 3.41. The number of rotatable bonds is 7. The van der Waals surface area contributed by atoms with Gasteiger partial charge in [-0.3, -0.25) is 0 Å². The van der Waals surface area contributed by atoms with E-state index in [-0.39, 0.29) is 6.04 Å². The summed E-state index contributed by atoms with van der Waals surface area (Å²) in [7, 11) is 1.68. The van der Waals surface area contributed by atoms with E-state index in [1.165, 1.54) is 11.1 Å². The first-order valence-electron chi connectivity index (χ1n) is 6.57. The maximum atomic E-state index is 10.4. The normalized spacial score (nSPS) is 14.5. The summed E-state index contributed by atoms with van der Waals surface area (Å²) < 4.78 is 5.01. The van der Waals surface area contributed by atoms with Gasteiger partial charge in [0.25, 0.3) is 0 Å². The number of nitrogens with one attached hydrogen (secondary N) is 1. The molecular formula is C15H25NO2. The first kappa shape index (κ1) is 15.2. The van der Waals surface area contributed by atoms with Crippen LogP contribution in [0, 0.1) is 13.8 Å². The van der Waals surface area contributed by atoms with Crippen molar-refractivity contribution in [2.45, 2.75) is 39.3 Å². The number of benzene rings is 1. The molecule has 2 N–H and O–H groups in total. The van der Waals surface area contributed by atoms with Crippen LogP contribution >= 0.6 is 0 Å². The van der Waals surface area contributed by atoms with Crippen molar-refractivity contribution in [3.8, 4) is 0 Å². The summed E-state index contributed by atoms with van der Waals surface area (Å²) in [6.45, 7) is 7.66. The predicted octanol–water partition coefficient (Wildman–Crippen LogP) is 2.35. The number of aliphatic hydroxyl groups excluding tert-OH is 1. The number of ether oxygens (including phenoxy) is 1. The molecule has 0 heterocycles. The van der Waals surface area contributed by atoms with E-state index in [0.29, 0.717) is 6.61 Å². The molecule has 3 heteroatoms. The zero-order valence-electron chi connectivity index (χ0n) is 11.9. The lowest BCUT2D eigenvalue weighted by Crippen LogP contribution is -2.36. The molecule has 2 atom stereocenters. The van der Waals surface area contributed by atoms with Gasteiger partial charge < -0.3 is 15.2 Å². The Bertz CT molecular complexity index is 366. The maximum Gasteiger partial charge on any atom is 0.0942 e. The Labute approximate surface area is 110 Å². The SMILES string of the molecule is CCC(NCCOC)C(O)c1ccc(C)c(C)c1. The fourth-order valence-corrected chi connectivity index (χ4v) is 2.01. The van der Waals surface area contributed by atoms with Crippen molar-refractivity contribution in [2.24, 2.45) is 0 Å². The third kappa shape index (κ3) is 4.09. The molecule has 18 heavy (non-hydrogen) atoms. The topological polar surface area (TPSA) is 41.5 Å². The molecule has 102 valence electrons. The van der Waals surface area contributed by atoms with Crippen molar-refractivity contribution >= 4 is 0 Å². The van der Waals surface area contributed by atoms with Crippen molar-refractivity contribution in [1.29, 1.82) is 0 Å². The Hall–Kier alpha value is -0.900.